The molecule has 1 aliphatic heterocycles. The Morgan fingerprint density at radius 3 is 2.58 bits per heavy atom. The van der Waals surface area contributed by atoms with E-state index in [0.717, 1.165) is 22.6 Å². The van der Waals surface area contributed by atoms with Crippen LogP contribution in [0.5, 0.6) is 0 Å². The van der Waals surface area contributed by atoms with Gasteiger partial charge in [0.15, 0.2) is 0 Å². The summed E-state index contributed by atoms with van der Waals surface area (Å²) in [5.41, 5.74) is 1.59. The normalized spacial score (nSPS) is 14.8. The van der Waals surface area contributed by atoms with Gasteiger partial charge in [-0.15, -0.1) is 11.8 Å². The summed E-state index contributed by atoms with van der Waals surface area (Å²) in [5, 5.41) is 0. The van der Waals surface area contributed by atoms with Crippen LogP contribution in [0.1, 0.15) is 18.4 Å². The van der Waals surface area contributed by atoms with Gasteiger partial charge in [-0.1, -0.05) is 18.2 Å². The van der Waals surface area contributed by atoms with Gasteiger partial charge in [-0.25, -0.2) is 13.1 Å². The highest BCUT2D eigenvalue weighted by molar-refractivity contribution is 7.99. The van der Waals surface area contributed by atoms with Gasteiger partial charge in [0.05, 0.1) is 4.90 Å². The molecule has 0 bridgehead atoms. The van der Waals surface area contributed by atoms with Gasteiger partial charge in [-0.05, 0) is 49.2 Å². The second-order valence-electron chi connectivity index (χ2n) is 6.16. The molecule has 0 aromatic heterocycles. The second-order valence-corrected chi connectivity index (χ2v) is 9.09. The Morgan fingerprint density at radius 1 is 1.15 bits per heavy atom. The Hall–Kier alpha value is -1.83. The number of anilines is 1. The summed E-state index contributed by atoms with van der Waals surface area (Å²) in [4.78, 5) is 15.0. The maximum absolute atomic E-state index is 12.5. The topological polar surface area (TPSA) is 66.5 Å². The first-order chi connectivity index (χ1) is 12.5. The number of thioether (sulfide) groups is 1. The van der Waals surface area contributed by atoms with Crippen LogP contribution in [0.4, 0.5) is 5.69 Å². The summed E-state index contributed by atoms with van der Waals surface area (Å²) in [6.45, 7) is 2.89. The van der Waals surface area contributed by atoms with Crippen molar-refractivity contribution in [1.29, 1.82) is 0 Å². The fourth-order valence-electron chi connectivity index (χ4n) is 2.95. The number of carbonyl (C=O) groups is 1. The van der Waals surface area contributed by atoms with E-state index >= 15 is 0 Å². The van der Waals surface area contributed by atoms with Crippen LogP contribution in [0.2, 0.25) is 0 Å². The minimum atomic E-state index is -3.56. The third-order valence-electron chi connectivity index (χ3n) is 4.25. The van der Waals surface area contributed by atoms with Gasteiger partial charge in [0.2, 0.25) is 15.9 Å². The number of nitrogens with zero attached hydrogens (tertiary/aromatic N) is 1. The number of hydrogen-bond donors (Lipinski definition) is 1. The molecule has 0 atom stereocenters. The van der Waals surface area contributed by atoms with Crippen molar-refractivity contribution < 1.29 is 13.2 Å². The maximum Gasteiger partial charge on any atom is 0.240 e. The quantitative estimate of drug-likeness (QED) is 0.582. The lowest BCUT2D eigenvalue weighted by Crippen LogP contribution is -2.27. The summed E-state index contributed by atoms with van der Waals surface area (Å²) in [7, 11) is -3.56. The Balaban J connectivity index is 1.62. The maximum atomic E-state index is 12.5. The summed E-state index contributed by atoms with van der Waals surface area (Å²) in [6.07, 6.45) is 1.40. The van der Waals surface area contributed by atoms with Crippen molar-refractivity contribution in [2.24, 2.45) is 0 Å². The van der Waals surface area contributed by atoms with Gasteiger partial charge in [-0.2, -0.15) is 0 Å². The minimum Gasteiger partial charge on any atom is -0.312 e. The molecule has 1 amide bonds. The van der Waals surface area contributed by atoms with E-state index in [2.05, 4.69) is 4.72 Å². The van der Waals surface area contributed by atoms with E-state index in [4.69, 9.17) is 0 Å². The van der Waals surface area contributed by atoms with Crippen molar-refractivity contribution in [3.8, 4) is 0 Å². The van der Waals surface area contributed by atoms with Gasteiger partial charge in [0.25, 0.3) is 0 Å². The summed E-state index contributed by atoms with van der Waals surface area (Å²) < 4.78 is 27.6. The Kier molecular flexibility index (Phi) is 6.01. The molecule has 0 radical (unpaired) electrons. The molecule has 1 N–H and O–H groups in total. The standard InChI is InChI=1S/C19H22N2O3S2/c1-15-14-17(9-10-18(15)21-12-5-8-19(21)22)26(23,24)20-11-13-25-16-6-3-2-4-7-16/h2-4,6-7,9-10,14,20H,5,8,11-13H2,1H3. The Bertz CT molecular complexity index is 883. The van der Waals surface area contributed by atoms with Gasteiger partial charge in [0, 0.05) is 35.8 Å². The molecule has 0 unspecified atom stereocenters. The van der Waals surface area contributed by atoms with Crippen molar-refractivity contribution in [1.82, 2.24) is 4.72 Å². The largest absolute Gasteiger partial charge is 0.312 e. The number of aryl methyl sites for hydroxylation is 1. The van der Waals surface area contributed by atoms with Crippen LogP contribution in [0.15, 0.2) is 58.3 Å². The first kappa shape index (κ1) is 18.9. The first-order valence-corrected chi connectivity index (χ1v) is 11.0. The van der Waals surface area contributed by atoms with Crippen LogP contribution >= 0.6 is 11.8 Å². The highest BCUT2D eigenvalue weighted by atomic mass is 32.2. The van der Waals surface area contributed by atoms with Gasteiger partial charge < -0.3 is 4.90 Å². The van der Waals surface area contributed by atoms with E-state index in [-0.39, 0.29) is 10.8 Å². The number of amides is 1. The van der Waals surface area contributed by atoms with E-state index in [1.165, 1.54) is 0 Å². The molecule has 1 fully saturated rings. The predicted molar refractivity (Wildman–Crippen MR) is 105 cm³/mol. The summed E-state index contributed by atoms with van der Waals surface area (Å²) in [5.74, 6) is 0.752. The molecule has 2 aromatic carbocycles. The minimum absolute atomic E-state index is 0.0970. The van der Waals surface area contributed by atoms with E-state index in [1.807, 2.05) is 37.3 Å². The molecule has 26 heavy (non-hydrogen) atoms. The van der Waals surface area contributed by atoms with Crippen LogP contribution in [0, 0.1) is 6.92 Å². The van der Waals surface area contributed by atoms with Crippen molar-refractivity contribution in [3.05, 3.63) is 54.1 Å². The second kappa shape index (κ2) is 8.24. The number of rotatable bonds is 7. The van der Waals surface area contributed by atoms with Gasteiger partial charge in [0.1, 0.15) is 0 Å². The zero-order chi connectivity index (χ0) is 18.6. The molecule has 1 saturated heterocycles. The number of sulfonamides is 1. The highest BCUT2D eigenvalue weighted by Gasteiger charge is 2.24. The van der Waals surface area contributed by atoms with Gasteiger partial charge in [-0.3, -0.25) is 4.79 Å². The lowest BCUT2D eigenvalue weighted by Gasteiger charge is -2.19. The molecule has 1 heterocycles. The monoisotopic (exact) mass is 390 g/mol. The van der Waals surface area contributed by atoms with Crippen molar-refractivity contribution >= 4 is 33.4 Å². The zero-order valence-corrected chi connectivity index (χ0v) is 16.3. The van der Waals surface area contributed by atoms with E-state index in [1.54, 1.807) is 34.9 Å². The van der Waals surface area contributed by atoms with Gasteiger partial charge >= 0.3 is 0 Å². The van der Waals surface area contributed by atoms with Crippen molar-refractivity contribution in [2.75, 3.05) is 23.7 Å². The molecule has 0 aliphatic carbocycles. The molecule has 5 nitrogen and oxygen atoms in total. The van der Waals surface area contributed by atoms with Crippen LogP contribution < -0.4 is 9.62 Å². The predicted octanol–water partition coefficient (Wildman–Crippen LogP) is 3.19. The lowest BCUT2D eigenvalue weighted by atomic mass is 10.2. The molecule has 0 spiro atoms. The zero-order valence-electron chi connectivity index (χ0n) is 14.6. The smallest absolute Gasteiger partial charge is 0.240 e. The molecule has 138 valence electrons. The fourth-order valence-corrected chi connectivity index (χ4v) is 4.98. The average molecular weight is 391 g/mol. The summed E-state index contributed by atoms with van der Waals surface area (Å²) >= 11 is 1.61. The van der Waals surface area contributed by atoms with E-state index in [9.17, 15) is 13.2 Å². The van der Waals surface area contributed by atoms with Crippen LogP contribution in [0.25, 0.3) is 0 Å². The molecule has 2 aromatic rings. The van der Waals surface area contributed by atoms with E-state index < -0.39 is 10.0 Å². The molecular formula is C19H22N2O3S2. The molecule has 7 heteroatoms. The SMILES string of the molecule is Cc1cc(S(=O)(=O)NCCSc2ccccc2)ccc1N1CCCC1=O. The summed E-state index contributed by atoms with van der Waals surface area (Å²) in [6, 6.07) is 14.8. The van der Waals surface area contributed by atoms with Crippen molar-refractivity contribution in [2.45, 2.75) is 29.6 Å². The fraction of sp³-hybridized carbons (Fsp3) is 0.316. The van der Waals surface area contributed by atoms with Crippen molar-refractivity contribution in [3.63, 3.8) is 0 Å². The lowest BCUT2D eigenvalue weighted by molar-refractivity contribution is -0.117. The number of carbonyl (C=O) groups excluding carboxylic acids is 1. The number of nitrogens with one attached hydrogen (secondary N) is 1. The third kappa shape index (κ3) is 4.47. The number of hydrogen-bond acceptors (Lipinski definition) is 4. The Morgan fingerprint density at radius 2 is 1.92 bits per heavy atom. The molecular weight excluding hydrogens is 368 g/mol. The average Bonchev–Trinajstić information content (AvgIpc) is 3.05. The first-order valence-electron chi connectivity index (χ1n) is 8.56. The number of benzene rings is 2. The molecule has 1 aliphatic rings. The van der Waals surface area contributed by atoms with Crippen LogP contribution in [-0.4, -0.2) is 33.2 Å². The molecule has 0 saturated carbocycles. The van der Waals surface area contributed by atoms with Crippen LogP contribution in [-0.2, 0) is 14.8 Å². The van der Waals surface area contributed by atoms with Crippen LogP contribution in [0.3, 0.4) is 0 Å². The highest BCUT2D eigenvalue weighted by Crippen LogP contribution is 2.27. The third-order valence-corrected chi connectivity index (χ3v) is 6.72. The Labute approximate surface area is 158 Å². The molecule has 3 rings (SSSR count). The van der Waals surface area contributed by atoms with E-state index in [0.29, 0.717) is 25.3 Å².